The zero-order valence-electron chi connectivity index (χ0n) is 20.1. The van der Waals surface area contributed by atoms with E-state index in [4.69, 9.17) is 11.6 Å². The minimum Gasteiger partial charge on any atom is -0.335 e. The topological polar surface area (TPSA) is 138 Å². The zero-order chi connectivity index (χ0) is 26.3. The Kier molecular flexibility index (Phi) is 9.22. The van der Waals surface area contributed by atoms with Crippen molar-refractivity contribution >= 4 is 43.8 Å². The van der Waals surface area contributed by atoms with Gasteiger partial charge >= 0.3 is 6.03 Å². The Labute approximate surface area is 214 Å². The molecule has 0 spiro atoms. The van der Waals surface area contributed by atoms with Crippen LogP contribution >= 0.6 is 11.6 Å². The second-order valence-corrected chi connectivity index (χ2v) is 11.1. The molecule has 0 atom stereocenters. The molecule has 1 aliphatic rings. The molecule has 2 amide bonds. The van der Waals surface area contributed by atoms with Gasteiger partial charge in [-0.1, -0.05) is 30.7 Å². The lowest BCUT2D eigenvalue weighted by Gasteiger charge is -2.26. The number of amides is 2. The molecule has 1 aromatic heterocycles. The Bertz CT molecular complexity index is 1380. The first kappa shape index (κ1) is 27.3. The number of halogens is 1. The lowest BCUT2D eigenvalue weighted by atomic mass is 9.87. The van der Waals surface area contributed by atoms with Gasteiger partial charge in [-0.15, -0.1) is 0 Å². The third kappa shape index (κ3) is 7.89. The second-order valence-electron chi connectivity index (χ2n) is 8.96. The summed E-state index contributed by atoms with van der Waals surface area (Å²) in [7, 11) is -3.95. The van der Waals surface area contributed by atoms with Crippen molar-refractivity contribution in [2.24, 2.45) is 5.92 Å². The van der Waals surface area contributed by atoms with E-state index in [-0.39, 0.29) is 22.9 Å². The molecule has 3 aromatic rings. The van der Waals surface area contributed by atoms with Crippen molar-refractivity contribution in [3.63, 3.8) is 0 Å². The molecule has 192 valence electrons. The Morgan fingerprint density at radius 3 is 2.39 bits per heavy atom. The Morgan fingerprint density at radius 2 is 1.75 bits per heavy atom. The van der Waals surface area contributed by atoms with Gasteiger partial charge in [0.25, 0.3) is 15.6 Å². The first-order valence-electron chi connectivity index (χ1n) is 11.6. The van der Waals surface area contributed by atoms with Crippen LogP contribution in [0.15, 0.2) is 58.5 Å². The number of aromatic amines is 1. The van der Waals surface area contributed by atoms with Gasteiger partial charge in [-0.2, -0.15) is 0 Å². The van der Waals surface area contributed by atoms with Crippen molar-refractivity contribution in [3.8, 4) is 0 Å². The molecule has 3 N–H and O–H groups in total. The van der Waals surface area contributed by atoms with Gasteiger partial charge in [-0.25, -0.2) is 22.9 Å². The van der Waals surface area contributed by atoms with Crippen molar-refractivity contribution in [1.82, 2.24) is 20.0 Å². The Morgan fingerprint density at radius 1 is 1.08 bits per heavy atom. The molecule has 2 aromatic carbocycles. The maximum absolute atomic E-state index is 12.2. The average Bonchev–Trinajstić information content (AvgIpc) is 2.81. The SMILES string of the molecule is CC1CCC(NC(=O)NS(=O)(=O)c2ccc(CC(=O)Cl)cc2)CC1.Cc1ccc2nc[nH]c(=O)c2c1. The van der Waals surface area contributed by atoms with Crippen molar-refractivity contribution < 1.29 is 18.0 Å². The highest BCUT2D eigenvalue weighted by molar-refractivity contribution is 7.90. The average molecular weight is 533 g/mol. The number of carbonyl (C=O) groups is 2. The molecule has 4 rings (SSSR count). The quantitative estimate of drug-likeness (QED) is 0.427. The molecule has 1 aliphatic carbocycles. The summed E-state index contributed by atoms with van der Waals surface area (Å²) in [5.41, 5.74) is 2.34. The highest BCUT2D eigenvalue weighted by Crippen LogP contribution is 2.23. The molecule has 1 fully saturated rings. The van der Waals surface area contributed by atoms with Gasteiger partial charge in [0.15, 0.2) is 0 Å². The fourth-order valence-electron chi connectivity index (χ4n) is 3.93. The van der Waals surface area contributed by atoms with Gasteiger partial charge in [0.05, 0.1) is 22.1 Å². The number of benzene rings is 2. The smallest absolute Gasteiger partial charge is 0.328 e. The molecular formula is C25H29ClN4O5S. The van der Waals surface area contributed by atoms with Gasteiger partial charge in [0, 0.05) is 12.5 Å². The van der Waals surface area contributed by atoms with E-state index in [9.17, 15) is 22.8 Å². The minimum absolute atomic E-state index is 0.00788. The molecule has 0 aliphatic heterocycles. The second kappa shape index (κ2) is 12.1. The Balaban J connectivity index is 0.000000249. The number of aryl methyl sites for hydroxylation is 1. The van der Waals surface area contributed by atoms with Gasteiger partial charge in [-0.3, -0.25) is 9.59 Å². The van der Waals surface area contributed by atoms with Crippen molar-refractivity contribution in [3.05, 3.63) is 70.3 Å². The van der Waals surface area contributed by atoms with Crippen LogP contribution in [0, 0.1) is 12.8 Å². The maximum Gasteiger partial charge on any atom is 0.328 e. The van der Waals surface area contributed by atoms with Crippen molar-refractivity contribution in [2.45, 2.75) is 56.9 Å². The van der Waals surface area contributed by atoms with E-state index in [2.05, 4.69) is 22.2 Å². The lowest BCUT2D eigenvalue weighted by molar-refractivity contribution is -0.111. The predicted molar refractivity (Wildman–Crippen MR) is 138 cm³/mol. The van der Waals surface area contributed by atoms with Crippen LogP contribution in [0.4, 0.5) is 4.79 Å². The van der Waals surface area contributed by atoms with E-state index in [1.54, 1.807) is 0 Å². The first-order chi connectivity index (χ1) is 17.0. The summed E-state index contributed by atoms with van der Waals surface area (Å²) in [5, 5.41) is 2.84. The molecule has 11 heteroatoms. The number of H-pyrrole nitrogens is 1. The Hall–Kier alpha value is -3.24. The summed E-state index contributed by atoms with van der Waals surface area (Å²) in [5.74, 6) is 0.647. The number of nitrogens with zero attached hydrogens (tertiary/aromatic N) is 1. The van der Waals surface area contributed by atoms with Gasteiger partial charge < -0.3 is 10.3 Å². The normalized spacial score (nSPS) is 17.5. The van der Waals surface area contributed by atoms with Crippen LogP contribution < -0.4 is 15.6 Å². The number of nitrogens with one attached hydrogen (secondary N) is 3. The molecule has 0 bridgehead atoms. The molecule has 1 heterocycles. The standard InChI is InChI=1S/C16H21ClN2O4S.C9H8N2O/c1-11-2-6-13(7-3-11)18-16(21)19-24(22,23)14-8-4-12(5-9-14)10-15(17)20;1-6-2-3-8-7(4-6)9(12)11-5-10-8/h4-5,8-9,11,13H,2-3,6-7,10H2,1H3,(H2,18,19,21);2-5H,1H3,(H,10,11,12). The monoisotopic (exact) mass is 532 g/mol. The van der Waals surface area contributed by atoms with Crippen LogP contribution in [0.25, 0.3) is 10.9 Å². The number of hydrogen-bond donors (Lipinski definition) is 3. The van der Waals surface area contributed by atoms with E-state index < -0.39 is 21.3 Å². The summed E-state index contributed by atoms with van der Waals surface area (Å²) in [6.07, 6.45) is 5.21. The number of rotatable bonds is 5. The summed E-state index contributed by atoms with van der Waals surface area (Å²) in [4.78, 5) is 40.5. The van der Waals surface area contributed by atoms with E-state index in [1.165, 1.54) is 30.6 Å². The largest absolute Gasteiger partial charge is 0.335 e. The molecule has 0 radical (unpaired) electrons. The van der Waals surface area contributed by atoms with E-state index in [0.29, 0.717) is 16.9 Å². The van der Waals surface area contributed by atoms with Gasteiger partial charge in [0.1, 0.15) is 0 Å². The highest BCUT2D eigenvalue weighted by atomic mass is 35.5. The van der Waals surface area contributed by atoms with Crippen LogP contribution in [-0.4, -0.2) is 35.7 Å². The predicted octanol–water partition coefficient (Wildman–Crippen LogP) is 3.79. The number of aromatic nitrogens is 2. The van der Waals surface area contributed by atoms with Crippen molar-refractivity contribution in [1.29, 1.82) is 0 Å². The van der Waals surface area contributed by atoms with Gasteiger partial charge in [0.2, 0.25) is 5.24 Å². The number of carbonyl (C=O) groups excluding carboxylic acids is 2. The fraction of sp³-hybridized carbons (Fsp3) is 0.360. The molecule has 9 nitrogen and oxygen atoms in total. The number of hydrogen-bond acceptors (Lipinski definition) is 6. The fourth-order valence-corrected chi connectivity index (χ4v) is 5.00. The first-order valence-corrected chi connectivity index (χ1v) is 13.4. The molecular weight excluding hydrogens is 504 g/mol. The number of sulfonamides is 1. The molecule has 0 saturated heterocycles. The van der Waals surface area contributed by atoms with Crippen LogP contribution in [-0.2, 0) is 21.2 Å². The van der Waals surface area contributed by atoms with Crippen LogP contribution in [0.3, 0.4) is 0 Å². The third-order valence-electron chi connectivity index (χ3n) is 5.95. The van der Waals surface area contributed by atoms with E-state index in [0.717, 1.165) is 36.8 Å². The lowest BCUT2D eigenvalue weighted by Crippen LogP contribution is -2.45. The summed E-state index contributed by atoms with van der Waals surface area (Å²) in [6, 6.07) is 10.6. The molecule has 0 unspecified atom stereocenters. The minimum atomic E-state index is -3.95. The maximum atomic E-state index is 12.2. The molecule has 36 heavy (non-hydrogen) atoms. The van der Waals surface area contributed by atoms with Crippen LogP contribution in [0.5, 0.6) is 0 Å². The van der Waals surface area contributed by atoms with E-state index >= 15 is 0 Å². The summed E-state index contributed by atoms with van der Waals surface area (Å²) >= 11 is 5.29. The molecule has 1 saturated carbocycles. The zero-order valence-corrected chi connectivity index (χ0v) is 21.7. The third-order valence-corrected chi connectivity index (χ3v) is 7.43. The number of urea groups is 1. The van der Waals surface area contributed by atoms with Gasteiger partial charge in [-0.05, 0) is 80.0 Å². The highest BCUT2D eigenvalue weighted by Gasteiger charge is 2.23. The van der Waals surface area contributed by atoms with Crippen LogP contribution in [0.1, 0.15) is 43.7 Å². The summed E-state index contributed by atoms with van der Waals surface area (Å²) < 4.78 is 26.4. The van der Waals surface area contributed by atoms with E-state index in [1.807, 2.05) is 29.8 Å². The number of fused-ring (bicyclic) bond motifs is 1. The van der Waals surface area contributed by atoms with Crippen LogP contribution in [0.2, 0.25) is 0 Å². The van der Waals surface area contributed by atoms with Crippen molar-refractivity contribution in [2.75, 3.05) is 0 Å². The summed E-state index contributed by atoms with van der Waals surface area (Å²) in [6.45, 7) is 4.12.